The third kappa shape index (κ3) is 6.73. The van der Waals surface area contributed by atoms with Gasteiger partial charge in [-0.1, -0.05) is 6.07 Å². The van der Waals surface area contributed by atoms with Crippen molar-refractivity contribution in [2.24, 2.45) is 0 Å². The maximum atomic E-state index is 12.1. The number of sulfonamides is 1. The topological polar surface area (TPSA) is 71.1 Å². The van der Waals surface area contributed by atoms with Crippen LogP contribution in [-0.2, 0) is 10.0 Å². The molecule has 4 rings (SSSR count). The zero-order valence-corrected chi connectivity index (χ0v) is 22.9. The Kier molecular flexibility index (Phi) is 9.52. The summed E-state index contributed by atoms with van der Waals surface area (Å²) in [5.41, 5.74) is 2.60. The number of aryl methyl sites for hydroxylation is 1. The van der Waals surface area contributed by atoms with Crippen molar-refractivity contribution in [1.82, 2.24) is 4.90 Å². The van der Waals surface area contributed by atoms with Gasteiger partial charge in [-0.05, 0) is 55.5 Å². The van der Waals surface area contributed by atoms with E-state index in [2.05, 4.69) is 44.2 Å². The predicted octanol–water partition coefficient (Wildman–Crippen LogP) is 4.99. The van der Waals surface area contributed by atoms with Gasteiger partial charge in [0, 0.05) is 54.6 Å². The summed E-state index contributed by atoms with van der Waals surface area (Å²) in [6.07, 6.45) is 0.867. The molecule has 0 radical (unpaired) electrons. The number of thiophene rings is 1. The van der Waals surface area contributed by atoms with Gasteiger partial charge >= 0.3 is 0 Å². The Morgan fingerprint density at radius 1 is 1.11 bits per heavy atom. The van der Waals surface area contributed by atoms with Crippen LogP contribution in [-0.4, -0.2) is 65.5 Å². The number of nitrogens with one attached hydrogen (secondary N) is 1. The fourth-order valence-corrected chi connectivity index (χ4v) is 5.73. The lowest BCUT2D eigenvalue weighted by molar-refractivity contribution is 0.224. The summed E-state index contributed by atoms with van der Waals surface area (Å²) in [4.78, 5) is 4.95. The molecule has 0 bridgehead atoms. The van der Waals surface area contributed by atoms with Gasteiger partial charge in [-0.2, -0.15) is 0 Å². The van der Waals surface area contributed by atoms with Crippen LogP contribution in [0.25, 0.3) is 10.1 Å². The molecule has 1 aromatic heterocycles. The van der Waals surface area contributed by atoms with Crippen molar-refractivity contribution < 1.29 is 17.9 Å². The van der Waals surface area contributed by atoms with E-state index in [9.17, 15) is 8.42 Å². The Morgan fingerprint density at radius 3 is 2.60 bits per heavy atom. The molecule has 1 aliphatic heterocycles. The molecule has 2 heterocycles. The Balaban J connectivity index is 0.00000342. The van der Waals surface area contributed by atoms with Crippen LogP contribution in [0, 0.1) is 6.92 Å². The molecular weight excluding hydrogens is 506 g/mol. The van der Waals surface area contributed by atoms with E-state index in [0.717, 1.165) is 44.7 Å². The van der Waals surface area contributed by atoms with E-state index in [1.807, 2.05) is 13.0 Å². The zero-order valence-electron chi connectivity index (χ0n) is 20.5. The molecule has 7 nitrogen and oxygen atoms in total. The van der Waals surface area contributed by atoms with Crippen LogP contribution in [0.5, 0.6) is 11.5 Å². The molecule has 0 saturated carbocycles. The van der Waals surface area contributed by atoms with Crippen molar-refractivity contribution in [3.05, 3.63) is 47.3 Å². The average molecular weight is 540 g/mol. The van der Waals surface area contributed by atoms with Crippen LogP contribution < -0.4 is 19.1 Å². The van der Waals surface area contributed by atoms with Crippen molar-refractivity contribution in [2.75, 3.05) is 61.8 Å². The summed E-state index contributed by atoms with van der Waals surface area (Å²) in [7, 11) is -1.86. The highest BCUT2D eigenvalue weighted by Crippen LogP contribution is 2.34. The summed E-state index contributed by atoms with van der Waals surface area (Å²) < 4.78 is 39.6. The summed E-state index contributed by atoms with van der Waals surface area (Å²) in [6.45, 7) is 9.02. The van der Waals surface area contributed by atoms with Gasteiger partial charge in [-0.3, -0.25) is 9.62 Å². The molecule has 2 aromatic carbocycles. The quantitative estimate of drug-likeness (QED) is 0.366. The van der Waals surface area contributed by atoms with Crippen LogP contribution in [0.2, 0.25) is 0 Å². The largest absolute Gasteiger partial charge is 0.497 e. The molecule has 0 atom stereocenters. The molecule has 0 spiro atoms. The number of hydrogen-bond donors (Lipinski definition) is 1. The lowest BCUT2D eigenvalue weighted by atomic mass is 10.2. The maximum absolute atomic E-state index is 12.1. The first kappa shape index (κ1) is 27.4. The number of fused-ring (bicyclic) bond motifs is 1. The highest BCUT2D eigenvalue weighted by Gasteiger charge is 2.19. The van der Waals surface area contributed by atoms with E-state index in [4.69, 9.17) is 9.47 Å². The number of piperazine rings is 1. The number of methoxy groups -OCH3 is 1. The van der Waals surface area contributed by atoms with Gasteiger partial charge in [0.15, 0.2) is 0 Å². The van der Waals surface area contributed by atoms with Gasteiger partial charge in [-0.15, -0.1) is 23.7 Å². The summed E-state index contributed by atoms with van der Waals surface area (Å²) in [5, 5.41) is 3.51. The second-order valence-corrected chi connectivity index (χ2v) is 11.4. The monoisotopic (exact) mass is 539 g/mol. The third-order valence-electron chi connectivity index (χ3n) is 6.18. The first-order chi connectivity index (χ1) is 16.4. The van der Waals surface area contributed by atoms with Gasteiger partial charge in [0.1, 0.15) is 11.5 Å². The van der Waals surface area contributed by atoms with Crippen molar-refractivity contribution in [3.63, 3.8) is 0 Å². The summed E-state index contributed by atoms with van der Waals surface area (Å²) in [5.74, 6) is 1.15. The van der Waals surface area contributed by atoms with Crippen LogP contribution in [0.3, 0.4) is 0 Å². The number of hydrogen-bond acceptors (Lipinski definition) is 7. The minimum absolute atomic E-state index is 0. The molecule has 0 unspecified atom stereocenters. The number of anilines is 2. The van der Waals surface area contributed by atoms with Gasteiger partial charge < -0.3 is 14.4 Å². The summed E-state index contributed by atoms with van der Waals surface area (Å²) in [6, 6.07) is 12.3. The standard InChI is InChI=1S/C25H33N3O4S2.ClH/c1-4-34(29,30)26-22-18-20(31-3)17-19(2)25(22)32-15-6-10-27-11-13-28(14-12-27)23-7-5-8-24-21(23)9-16-33-24;/h5,7-9,16-18,26H,4,6,10-15H2,1-3H3;1H. The smallest absolute Gasteiger partial charge is 0.232 e. The molecule has 1 fully saturated rings. The highest BCUT2D eigenvalue weighted by molar-refractivity contribution is 7.92. The molecule has 0 amide bonds. The fraction of sp³-hybridized carbons (Fsp3) is 0.440. The van der Waals surface area contributed by atoms with E-state index in [1.165, 1.54) is 15.8 Å². The molecular formula is C25H34ClN3O4S2. The van der Waals surface area contributed by atoms with Crippen LogP contribution in [0.4, 0.5) is 11.4 Å². The van der Waals surface area contributed by atoms with Crippen molar-refractivity contribution in [1.29, 1.82) is 0 Å². The molecule has 3 aromatic rings. The normalized spacial score (nSPS) is 14.5. The molecule has 192 valence electrons. The first-order valence-corrected chi connectivity index (χ1v) is 14.2. The Morgan fingerprint density at radius 2 is 1.89 bits per heavy atom. The highest BCUT2D eigenvalue weighted by atomic mass is 35.5. The molecule has 35 heavy (non-hydrogen) atoms. The Bertz CT molecular complexity index is 1220. The van der Waals surface area contributed by atoms with Gasteiger partial charge in [0.25, 0.3) is 0 Å². The molecule has 0 aliphatic carbocycles. The first-order valence-electron chi connectivity index (χ1n) is 11.7. The lowest BCUT2D eigenvalue weighted by Gasteiger charge is -2.36. The zero-order chi connectivity index (χ0) is 24.1. The number of nitrogens with zero attached hydrogens (tertiary/aromatic N) is 2. The SMILES string of the molecule is CCS(=O)(=O)Nc1cc(OC)cc(C)c1OCCCN1CCN(c2cccc3sccc23)CC1.Cl. The maximum Gasteiger partial charge on any atom is 0.232 e. The van der Waals surface area contributed by atoms with Crippen molar-refractivity contribution in [2.45, 2.75) is 20.3 Å². The summed E-state index contributed by atoms with van der Waals surface area (Å²) >= 11 is 1.79. The van der Waals surface area contributed by atoms with E-state index >= 15 is 0 Å². The number of benzene rings is 2. The van der Waals surface area contributed by atoms with Crippen molar-refractivity contribution in [3.8, 4) is 11.5 Å². The molecule has 1 aliphatic rings. The minimum Gasteiger partial charge on any atom is -0.497 e. The molecule has 10 heteroatoms. The van der Waals surface area contributed by atoms with E-state index < -0.39 is 10.0 Å². The van der Waals surface area contributed by atoms with Gasteiger partial charge in [0.05, 0.1) is 25.2 Å². The third-order valence-corrected chi connectivity index (χ3v) is 8.35. The van der Waals surface area contributed by atoms with E-state index in [1.54, 1.807) is 31.4 Å². The number of rotatable bonds is 10. The minimum atomic E-state index is -3.42. The molecule has 1 N–H and O–H groups in total. The number of halogens is 1. The number of ether oxygens (including phenoxy) is 2. The van der Waals surface area contributed by atoms with Crippen LogP contribution >= 0.6 is 23.7 Å². The average Bonchev–Trinajstić information content (AvgIpc) is 3.32. The second kappa shape index (κ2) is 12.2. The van der Waals surface area contributed by atoms with Crippen LogP contribution in [0.15, 0.2) is 41.8 Å². The van der Waals surface area contributed by atoms with Gasteiger partial charge in [-0.25, -0.2) is 8.42 Å². The fourth-order valence-electron chi connectivity index (χ4n) is 4.29. The Hall–Kier alpha value is -2.20. The Labute approximate surface area is 218 Å². The predicted molar refractivity (Wildman–Crippen MR) is 149 cm³/mol. The van der Waals surface area contributed by atoms with Gasteiger partial charge in [0.2, 0.25) is 10.0 Å². The second-order valence-electron chi connectivity index (χ2n) is 8.47. The van der Waals surface area contributed by atoms with Crippen molar-refractivity contribution >= 4 is 55.2 Å². The van der Waals surface area contributed by atoms with Crippen LogP contribution in [0.1, 0.15) is 18.9 Å². The lowest BCUT2D eigenvalue weighted by Crippen LogP contribution is -2.46. The van der Waals surface area contributed by atoms with E-state index in [0.29, 0.717) is 23.8 Å². The van der Waals surface area contributed by atoms with E-state index in [-0.39, 0.29) is 18.2 Å². The molecule has 1 saturated heterocycles.